The van der Waals surface area contributed by atoms with Gasteiger partial charge in [0.1, 0.15) is 30.3 Å². The minimum atomic E-state index is -0.644. The highest BCUT2D eigenvalue weighted by Gasteiger charge is 2.20. The molecule has 0 saturated heterocycles. The Kier molecular flexibility index (Phi) is 5.71. The Morgan fingerprint density at radius 3 is 2.75 bits per heavy atom. The van der Waals surface area contributed by atoms with Crippen LogP contribution in [0.3, 0.4) is 0 Å². The monoisotopic (exact) mass is 407 g/mol. The van der Waals surface area contributed by atoms with Crippen molar-refractivity contribution in [1.29, 1.82) is 0 Å². The van der Waals surface area contributed by atoms with Gasteiger partial charge in [0.2, 0.25) is 0 Å². The normalized spacial score (nSPS) is 10.7. The molecule has 9 nitrogen and oxygen atoms in total. The Bertz CT molecular complexity index is 1050. The lowest BCUT2D eigenvalue weighted by Gasteiger charge is -2.12. The van der Waals surface area contributed by atoms with Crippen LogP contribution in [0.4, 0.5) is 21.6 Å². The minimum absolute atomic E-state index is 0.0342. The highest BCUT2D eigenvalue weighted by atomic mass is 35.5. The van der Waals surface area contributed by atoms with Gasteiger partial charge in [-0.1, -0.05) is 11.6 Å². The standard InChI is InChI=1S/C17H15ClFN5O4/c1-27-15-7-13(11(19)5-10(15)18)23-17-9-4-14(24(25)26)16(28-3-2-20)6-12(9)21-8-22-17/h4-8H,2-3,20H2,1H3,(H,21,22,23). The van der Waals surface area contributed by atoms with Crippen LogP contribution in [-0.4, -0.2) is 35.2 Å². The molecule has 0 aliphatic heterocycles. The second-order valence-electron chi connectivity index (χ2n) is 5.55. The van der Waals surface area contributed by atoms with Crippen LogP contribution in [0, 0.1) is 15.9 Å². The number of rotatable bonds is 7. The fourth-order valence-corrected chi connectivity index (χ4v) is 2.74. The average molecular weight is 408 g/mol. The predicted molar refractivity (Wildman–Crippen MR) is 102 cm³/mol. The molecule has 0 atom stereocenters. The summed E-state index contributed by atoms with van der Waals surface area (Å²) in [5.74, 6) is -0.184. The molecule has 1 aromatic heterocycles. The fourth-order valence-electron chi connectivity index (χ4n) is 2.51. The molecule has 2 aromatic carbocycles. The van der Waals surface area contributed by atoms with Gasteiger partial charge in [-0.2, -0.15) is 0 Å². The zero-order chi connectivity index (χ0) is 20.3. The first-order valence-corrected chi connectivity index (χ1v) is 8.38. The maximum atomic E-state index is 14.3. The molecule has 1 heterocycles. The summed E-state index contributed by atoms with van der Waals surface area (Å²) in [7, 11) is 1.40. The first kappa shape index (κ1) is 19.5. The molecule has 0 aliphatic carbocycles. The molecule has 146 valence electrons. The van der Waals surface area contributed by atoms with Crippen LogP contribution < -0.4 is 20.5 Å². The summed E-state index contributed by atoms with van der Waals surface area (Å²) in [4.78, 5) is 19.0. The molecular formula is C17H15ClFN5O4. The zero-order valence-electron chi connectivity index (χ0n) is 14.6. The molecule has 0 saturated carbocycles. The van der Waals surface area contributed by atoms with Crippen molar-refractivity contribution in [2.24, 2.45) is 5.73 Å². The third-order valence-corrected chi connectivity index (χ3v) is 4.08. The number of benzene rings is 2. The van der Waals surface area contributed by atoms with E-state index in [4.69, 9.17) is 26.8 Å². The van der Waals surface area contributed by atoms with Gasteiger partial charge in [0.25, 0.3) is 0 Å². The van der Waals surface area contributed by atoms with E-state index < -0.39 is 10.7 Å². The number of anilines is 2. The molecule has 28 heavy (non-hydrogen) atoms. The molecule has 0 unspecified atom stereocenters. The van der Waals surface area contributed by atoms with Crippen LogP contribution in [-0.2, 0) is 0 Å². The van der Waals surface area contributed by atoms with E-state index in [-0.39, 0.29) is 46.9 Å². The molecule has 0 amide bonds. The van der Waals surface area contributed by atoms with Crippen LogP contribution in [0.25, 0.3) is 10.9 Å². The van der Waals surface area contributed by atoms with Crippen molar-refractivity contribution in [1.82, 2.24) is 9.97 Å². The molecule has 11 heteroatoms. The summed E-state index contributed by atoms with van der Waals surface area (Å²) in [6, 6.07) is 5.12. The Morgan fingerprint density at radius 2 is 2.07 bits per heavy atom. The van der Waals surface area contributed by atoms with Crippen molar-refractivity contribution in [3.05, 3.63) is 51.5 Å². The van der Waals surface area contributed by atoms with E-state index in [2.05, 4.69) is 15.3 Å². The molecular weight excluding hydrogens is 393 g/mol. The Balaban J connectivity index is 2.10. The number of nitro benzene ring substituents is 1. The quantitative estimate of drug-likeness (QED) is 0.450. The highest BCUT2D eigenvalue weighted by molar-refractivity contribution is 6.32. The summed E-state index contributed by atoms with van der Waals surface area (Å²) in [6.45, 7) is 0.307. The topological polar surface area (TPSA) is 125 Å². The van der Waals surface area contributed by atoms with Crippen LogP contribution in [0.5, 0.6) is 11.5 Å². The third-order valence-electron chi connectivity index (χ3n) is 3.78. The molecule has 0 fully saturated rings. The van der Waals surface area contributed by atoms with Gasteiger partial charge in [0.05, 0.1) is 33.6 Å². The number of halogens is 2. The molecule has 0 radical (unpaired) electrons. The number of nitro groups is 1. The predicted octanol–water partition coefficient (Wildman–Crippen LogP) is 3.42. The van der Waals surface area contributed by atoms with Gasteiger partial charge in [0, 0.05) is 24.7 Å². The van der Waals surface area contributed by atoms with Gasteiger partial charge in [-0.3, -0.25) is 10.1 Å². The van der Waals surface area contributed by atoms with Gasteiger partial charge in [-0.25, -0.2) is 14.4 Å². The Morgan fingerprint density at radius 1 is 1.29 bits per heavy atom. The van der Waals surface area contributed by atoms with E-state index in [1.807, 2.05) is 0 Å². The molecule has 0 spiro atoms. The van der Waals surface area contributed by atoms with E-state index in [0.29, 0.717) is 10.9 Å². The lowest BCUT2D eigenvalue weighted by atomic mass is 10.2. The molecule has 0 bridgehead atoms. The van der Waals surface area contributed by atoms with Crippen molar-refractivity contribution in [2.45, 2.75) is 0 Å². The van der Waals surface area contributed by atoms with Crippen molar-refractivity contribution in [3.63, 3.8) is 0 Å². The van der Waals surface area contributed by atoms with E-state index in [1.54, 1.807) is 0 Å². The van der Waals surface area contributed by atoms with Gasteiger partial charge < -0.3 is 20.5 Å². The van der Waals surface area contributed by atoms with Gasteiger partial charge in [-0.15, -0.1) is 0 Å². The summed E-state index contributed by atoms with van der Waals surface area (Å²) in [5.41, 5.74) is 5.51. The van der Waals surface area contributed by atoms with E-state index in [1.165, 1.54) is 31.6 Å². The number of hydrogen-bond donors (Lipinski definition) is 2. The van der Waals surface area contributed by atoms with Crippen LogP contribution in [0.2, 0.25) is 5.02 Å². The number of ether oxygens (including phenoxy) is 2. The maximum Gasteiger partial charge on any atom is 0.311 e. The number of fused-ring (bicyclic) bond motifs is 1. The number of hydrogen-bond acceptors (Lipinski definition) is 8. The van der Waals surface area contributed by atoms with Gasteiger partial charge >= 0.3 is 5.69 Å². The van der Waals surface area contributed by atoms with E-state index >= 15 is 0 Å². The van der Waals surface area contributed by atoms with Gasteiger partial charge in [0.15, 0.2) is 5.75 Å². The lowest BCUT2D eigenvalue weighted by molar-refractivity contribution is -0.385. The zero-order valence-corrected chi connectivity index (χ0v) is 15.4. The average Bonchev–Trinajstić information content (AvgIpc) is 2.67. The minimum Gasteiger partial charge on any atom is -0.495 e. The largest absolute Gasteiger partial charge is 0.495 e. The number of aromatic nitrogens is 2. The highest BCUT2D eigenvalue weighted by Crippen LogP contribution is 2.36. The number of nitrogens with one attached hydrogen (secondary N) is 1. The van der Waals surface area contributed by atoms with Crippen molar-refractivity contribution < 1.29 is 18.8 Å². The smallest absolute Gasteiger partial charge is 0.311 e. The van der Waals surface area contributed by atoms with Crippen molar-refractivity contribution in [2.75, 3.05) is 25.6 Å². The number of methoxy groups -OCH3 is 1. The molecule has 3 rings (SSSR count). The lowest BCUT2D eigenvalue weighted by Crippen LogP contribution is -2.11. The van der Waals surface area contributed by atoms with Gasteiger partial charge in [-0.05, 0) is 6.07 Å². The van der Waals surface area contributed by atoms with Crippen molar-refractivity contribution >= 4 is 39.7 Å². The second kappa shape index (κ2) is 8.19. The third kappa shape index (κ3) is 3.87. The fraction of sp³-hybridized carbons (Fsp3) is 0.176. The van der Waals surface area contributed by atoms with Crippen LogP contribution >= 0.6 is 11.6 Å². The Hall–Kier alpha value is -3.24. The SMILES string of the molecule is COc1cc(Nc2ncnc3cc(OCCN)c([N+](=O)[O-])cc23)c(F)cc1Cl. The first-order chi connectivity index (χ1) is 13.4. The first-order valence-electron chi connectivity index (χ1n) is 8.00. The number of nitrogens with two attached hydrogens (primary N) is 1. The molecule has 3 N–H and O–H groups in total. The summed E-state index contributed by atoms with van der Waals surface area (Å²) < 4.78 is 24.7. The van der Waals surface area contributed by atoms with Crippen LogP contribution in [0.15, 0.2) is 30.6 Å². The summed E-state index contributed by atoms with van der Waals surface area (Å²) in [6.07, 6.45) is 1.24. The maximum absolute atomic E-state index is 14.3. The number of nitrogens with zero attached hydrogens (tertiary/aromatic N) is 3. The second-order valence-corrected chi connectivity index (χ2v) is 5.95. The van der Waals surface area contributed by atoms with E-state index in [9.17, 15) is 14.5 Å². The summed E-state index contributed by atoms with van der Waals surface area (Å²) in [5, 5.41) is 14.6. The molecule has 3 aromatic rings. The Labute approximate surface area is 163 Å². The summed E-state index contributed by atoms with van der Waals surface area (Å²) >= 11 is 5.90. The van der Waals surface area contributed by atoms with Crippen LogP contribution in [0.1, 0.15) is 0 Å². The molecule has 0 aliphatic rings. The van der Waals surface area contributed by atoms with E-state index in [0.717, 1.165) is 6.07 Å². The van der Waals surface area contributed by atoms with Crippen molar-refractivity contribution in [3.8, 4) is 11.5 Å².